The second kappa shape index (κ2) is 8.06. The summed E-state index contributed by atoms with van der Waals surface area (Å²) in [4.78, 5) is 26.2. The van der Waals surface area contributed by atoms with Gasteiger partial charge in [0.25, 0.3) is 0 Å². The van der Waals surface area contributed by atoms with Crippen molar-refractivity contribution in [2.75, 3.05) is 0 Å². The van der Waals surface area contributed by atoms with Crippen LogP contribution in [-0.4, -0.2) is 24.1 Å². The minimum Gasteiger partial charge on any atom is -0.454 e. The summed E-state index contributed by atoms with van der Waals surface area (Å²) < 4.78 is 12.3. The maximum atomic E-state index is 13.1. The fourth-order valence-corrected chi connectivity index (χ4v) is 6.53. The normalized spacial score (nSPS) is 30.6. The van der Waals surface area contributed by atoms with Gasteiger partial charge in [-0.3, -0.25) is 0 Å². The molecule has 0 radical (unpaired) electrons. The zero-order chi connectivity index (χ0) is 23.3. The summed E-state index contributed by atoms with van der Waals surface area (Å²) in [5.41, 5.74) is 2.96. The van der Waals surface area contributed by atoms with Gasteiger partial charge in [-0.25, -0.2) is 9.59 Å². The van der Waals surface area contributed by atoms with Gasteiger partial charge in [-0.15, -0.1) is 0 Å². The molecule has 4 heteroatoms. The van der Waals surface area contributed by atoms with Gasteiger partial charge in [-0.1, -0.05) is 63.1 Å². The zero-order valence-corrected chi connectivity index (χ0v) is 20.0. The molecule has 0 aliphatic heterocycles. The topological polar surface area (TPSA) is 52.6 Å². The fraction of sp³-hybridized carbons (Fsp3) is 0.500. The van der Waals surface area contributed by atoms with Crippen LogP contribution in [-0.2, 0) is 9.47 Å². The highest BCUT2D eigenvalue weighted by Gasteiger charge is 2.63. The van der Waals surface area contributed by atoms with Crippen molar-refractivity contribution in [2.45, 2.75) is 66.6 Å². The maximum Gasteiger partial charge on any atom is 0.338 e. The van der Waals surface area contributed by atoms with Crippen LogP contribution in [0.25, 0.3) is 0 Å². The van der Waals surface area contributed by atoms with Crippen LogP contribution in [0, 0.1) is 36.5 Å². The van der Waals surface area contributed by atoms with Gasteiger partial charge >= 0.3 is 11.9 Å². The van der Waals surface area contributed by atoms with Crippen LogP contribution in [0.5, 0.6) is 0 Å². The Balaban J connectivity index is 1.65. The lowest BCUT2D eigenvalue weighted by atomic mass is 9.46. The van der Waals surface area contributed by atoms with Gasteiger partial charge in [0.05, 0.1) is 11.1 Å². The number of ether oxygens (including phenoxy) is 2. The number of carbonyl (C=O) groups excluding carboxylic acids is 2. The first-order chi connectivity index (χ1) is 15.0. The number of benzene rings is 2. The quantitative estimate of drug-likeness (QED) is 0.542. The monoisotopic (exact) mass is 434 g/mol. The molecule has 0 spiro atoms. The van der Waals surface area contributed by atoms with Crippen LogP contribution in [0.2, 0.25) is 0 Å². The molecule has 5 rings (SSSR count). The fourth-order valence-electron chi connectivity index (χ4n) is 6.53. The zero-order valence-electron chi connectivity index (χ0n) is 20.0. The van der Waals surface area contributed by atoms with Gasteiger partial charge in [0.1, 0.15) is 12.2 Å². The summed E-state index contributed by atoms with van der Waals surface area (Å²) in [6.07, 6.45) is 0.931. The molecule has 0 N–H and O–H groups in total. The van der Waals surface area contributed by atoms with Crippen LogP contribution >= 0.6 is 0 Å². The van der Waals surface area contributed by atoms with Gasteiger partial charge in [0.15, 0.2) is 0 Å². The van der Waals surface area contributed by atoms with Crippen LogP contribution in [0.4, 0.5) is 0 Å². The Labute approximate surface area is 191 Å². The maximum absolute atomic E-state index is 13.1. The molecule has 3 aliphatic rings. The highest BCUT2D eigenvalue weighted by molar-refractivity contribution is 5.90. The highest BCUT2D eigenvalue weighted by atomic mass is 16.6. The molecule has 3 saturated carbocycles. The molecule has 170 valence electrons. The van der Waals surface area contributed by atoms with Gasteiger partial charge in [0.2, 0.25) is 0 Å². The van der Waals surface area contributed by atoms with Gasteiger partial charge < -0.3 is 9.47 Å². The van der Waals surface area contributed by atoms with Gasteiger partial charge in [0, 0.05) is 11.3 Å². The molecule has 2 aromatic carbocycles. The van der Waals surface area contributed by atoms with Crippen molar-refractivity contribution < 1.29 is 19.1 Å². The third-order valence-electron chi connectivity index (χ3n) is 7.55. The van der Waals surface area contributed by atoms with Crippen LogP contribution in [0.15, 0.2) is 48.5 Å². The van der Waals surface area contributed by atoms with E-state index >= 15 is 0 Å². The Morgan fingerprint density at radius 2 is 1.28 bits per heavy atom. The Morgan fingerprint density at radius 3 is 1.75 bits per heavy atom. The summed E-state index contributed by atoms with van der Waals surface area (Å²) in [7, 11) is 0. The van der Waals surface area contributed by atoms with Crippen molar-refractivity contribution >= 4 is 11.9 Å². The summed E-state index contributed by atoms with van der Waals surface area (Å²) in [5, 5.41) is 0. The average molecular weight is 435 g/mol. The van der Waals surface area contributed by atoms with Crippen molar-refractivity contribution in [3.05, 3.63) is 70.8 Å². The predicted molar refractivity (Wildman–Crippen MR) is 125 cm³/mol. The van der Waals surface area contributed by atoms with Gasteiger partial charge in [-0.05, 0) is 62.3 Å². The van der Waals surface area contributed by atoms with E-state index in [2.05, 4.69) is 27.7 Å². The summed E-state index contributed by atoms with van der Waals surface area (Å²) in [6, 6.07) is 14.8. The number of hydrogen-bond donors (Lipinski definition) is 0. The number of rotatable bonds is 4. The van der Waals surface area contributed by atoms with Crippen molar-refractivity contribution in [1.29, 1.82) is 0 Å². The first-order valence-corrected chi connectivity index (χ1v) is 11.6. The highest BCUT2D eigenvalue weighted by Crippen LogP contribution is 2.62. The van der Waals surface area contributed by atoms with Crippen LogP contribution in [0.3, 0.4) is 0 Å². The van der Waals surface area contributed by atoms with Crippen molar-refractivity contribution in [3.63, 3.8) is 0 Å². The first kappa shape index (κ1) is 22.6. The van der Waals surface area contributed by atoms with Crippen molar-refractivity contribution in [3.8, 4) is 0 Å². The molecule has 5 unspecified atom stereocenters. The van der Waals surface area contributed by atoms with E-state index in [4.69, 9.17) is 9.47 Å². The average Bonchev–Trinajstić information content (AvgIpc) is 2.69. The third kappa shape index (κ3) is 4.07. The van der Waals surface area contributed by atoms with E-state index in [0.29, 0.717) is 17.0 Å². The number of fused-ring (bicyclic) bond motifs is 3. The van der Waals surface area contributed by atoms with Crippen molar-refractivity contribution in [2.24, 2.45) is 22.7 Å². The SMILES string of the molecule is Cc1ccc(C(=O)OC2C3C(C)CC(C)(CC3(C)C)C2OC(=O)c2ccc(C)cc2)cc1. The predicted octanol–water partition coefficient (Wildman–Crippen LogP) is 6.15. The molecule has 4 nitrogen and oxygen atoms in total. The molecular weight excluding hydrogens is 400 g/mol. The molecule has 32 heavy (non-hydrogen) atoms. The number of hydrogen-bond acceptors (Lipinski definition) is 4. The lowest BCUT2D eigenvalue weighted by molar-refractivity contribution is -0.218. The molecule has 2 bridgehead atoms. The second-order valence-electron chi connectivity index (χ2n) is 11.0. The molecule has 2 aromatic rings. The summed E-state index contributed by atoms with van der Waals surface area (Å²) in [6.45, 7) is 12.9. The molecule has 5 atom stereocenters. The number of esters is 2. The smallest absolute Gasteiger partial charge is 0.338 e. The molecule has 0 aromatic heterocycles. The van der Waals surface area contributed by atoms with E-state index in [9.17, 15) is 9.59 Å². The molecule has 0 amide bonds. The molecule has 0 heterocycles. The molecular formula is C28H34O4. The molecule has 3 aliphatic carbocycles. The van der Waals surface area contributed by atoms with E-state index in [1.807, 2.05) is 38.1 Å². The minimum absolute atomic E-state index is 0.0165. The van der Waals surface area contributed by atoms with Gasteiger partial charge in [-0.2, -0.15) is 0 Å². The molecule has 0 saturated heterocycles. The lowest BCUT2D eigenvalue weighted by Crippen LogP contribution is -2.65. The Kier molecular flexibility index (Phi) is 5.68. The lowest BCUT2D eigenvalue weighted by Gasteiger charge is -2.62. The number of aryl methyl sites for hydroxylation is 2. The largest absolute Gasteiger partial charge is 0.454 e. The minimum atomic E-state index is -0.476. The Bertz CT molecular complexity index is 1000. The standard InChI is InChI=1S/C28H34O4/c1-17-7-11-20(12-8-17)25(29)31-23-22-19(3)15-28(6,16-27(22,4)5)24(23)32-26(30)21-13-9-18(2)10-14-21/h7-14,19,22-24H,15-16H2,1-6H3. The van der Waals surface area contributed by atoms with E-state index < -0.39 is 12.2 Å². The van der Waals surface area contributed by atoms with Crippen molar-refractivity contribution in [1.82, 2.24) is 0 Å². The van der Waals surface area contributed by atoms with Crippen LogP contribution in [0.1, 0.15) is 72.4 Å². The van der Waals surface area contributed by atoms with E-state index in [1.54, 1.807) is 24.3 Å². The first-order valence-electron chi connectivity index (χ1n) is 11.6. The molecule has 3 fully saturated rings. The number of carbonyl (C=O) groups is 2. The van der Waals surface area contributed by atoms with E-state index in [0.717, 1.165) is 24.0 Å². The third-order valence-corrected chi connectivity index (χ3v) is 7.55. The Hall–Kier alpha value is -2.62. The summed E-state index contributed by atoms with van der Waals surface area (Å²) in [5.74, 6) is -0.223. The Morgan fingerprint density at radius 1 is 0.812 bits per heavy atom. The van der Waals surface area contributed by atoms with Crippen LogP contribution < -0.4 is 0 Å². The van der Waals surface area contributed by atoms with E-state index in [1.165, 1.54) is 0 Å². The summed E-state index contributed by atoms with van der Waals surface area (Å²) >= 11 is 0. The second-order valence-corrected chi connectivity index (χ2v) is 11.0. The van der Waals surface area contributed by atoms with E-state index in [-0.39, 0.29) is 28.7 Å².